The van der Waals surface area contributed by atoms with Crippen LogP contribution in [0.3, 0.4) is 0 Å². The van der Waals surface area contributed by atoms with Gasteiger partial charge in [0, 0.05) is 43.3 Å². The van der Waals surface area contributed by atoms with E-state index in [-0.39, 0.29) is 23.9 Å². The van der Waals surface area contributed by atoms with Gasteiger partial charge in [-0.15, -0.1) is 0 Å². The molecule has 1 amide bonds. The maximum atomic E-state index is 13.0. The molecule has 2 aliphatic heterocycles. The van der Waals surface area contributed by atoms with Gasteiger partial charge in [0.25, 0.3) is 0 Å². The van der Waals surface area contributed by atoms with E-state index in [0.717, 1.165) is 5.69 Å². The zero-order valence-corrected chi connectivity index (χ0v) is 17.1. The van der Waals surface area contributed by atoms with Crippen LogP contribution in [0.5, 0.6) is 0 Å². The third-order valence-electron chi connectivity index (χ3n) is 5.68. The molecule has 2 unspecified atom stereocenters. The standard InChI is InChI=1S/C19H30N4O3S/c1-4-23(17-8-6-5-7-9-17)19(24)16-10-12-22(13-11-16)27(25,26)18-14(2)20-21-15(18)3/h5-9,14-16,18,20-21H,4,10-13H2,1-3H3. The first kappa shape index (κ1) is 20.3. The molecule has 3 rings (SSSR count). The van der Waals surface area contributed by atoms with Crippen LogP contribution in [0.25, 0.3) is 0 Å². The highest BCUT2D eigenvalue weighted by Crippen LogP contribution is 2.28. The predicted octanol–water partition coefficient (Wildman–Crippen LogP) is 1.33. The SMILES string of the molecule is CCN(C(=O)C1CCN(S(=O)(=O)C2C(C)NNC2C)CC1)c1ccccc1. The summed E-state index contributed by atoms with van der Waals surface area (Å²) in [5, 5.41) is -0.485. The first-order chi connectivity index (χ1) is 12.9. The number of nitrogens with one attached hydrogen (secondary N) is 2. The Hall–Kier alpha value is -1.48. The summed E-state index contributed by atoms with van der Waals surface area (Å²) in [5.74, 6) is -0.0436. The third kappa shape index (κ3) is 4.03. The lowest BCUT2D eigenvalue weighted by Crippen LogP contribution is -2.51. The summed E-state index contributed by atoms with van der Waals surface area (Å²) in [6, 6.07) is 9.36. The lowest BCUT2D eigenvalue weighted by atomic mass is 9.96. The van der Waals surface area contributed by atoms with Crippen LogP contribution < -0.4 is 15.8 Å². The summed E-state index contributed by atoms with van der Waals surface area (Å²) in [6.45, 7) is 7.15. The van der Waals surface area contributed by atoms with Gasteiger partial charge in [0.05, 0.1) is 0 Å². The monoisotopic (exact) mass is 394 g/mol. The quantitative estimate of drug-likeness (QED) is 0.788. The number of piperidine rings is 1. The molecular formula is C19H30N4O3S. The predicted molar refractivity (Wildman–Crippen MR) is 107 cm³/mol. The summed E-state index contributed by atoms with van der Waals surface area (Å²) < 4.78 is 27.7. The summed E-state index contributed by atoms with van der Waals surface area (Å²) in [6.07, 6.45) is 1.13. The second kappa shape index (κ2) is 8.26. The fourth-order valence-corrected chi connectivity index (χ4v) is 6.43. The largest absolute Gasteiger partial charge is 0.312 e. The van der Waals surface area contributed by atoms with Gasteiger partial charge in [-0.2, -0.15) is 0 Å². The minimum Gasteiger partial charge on any atom is -0.312 e. The fraction of sp³-hybridized carbons (Fsp3) is 0.632. The molecule has 1 aromatic rings. The Morgan fingerprint density at radius 2 is 1.67 bits per heavy atom. The smallest absolute Gasteiger partial charge is 0.230 e. The van der Waals surface area contributed by atoms with Gasteiger partial charge in [0.15, 0.2) is 0 Å². The highest BCUT2D eigenvalue weighted by molar-refractivity contribution is 7.89. The number of rotatable bonds is 5. The molecule has 1 aromatic carbocycles. The van der Waals surface area contributed by atoms with E-state index in [0.29, 0.717) is 32.5 Å². The molecule has 2 heterocycles. The zero-order chi connectivity index (χ0) is 19.6. The Balaban J connectivity index is 1.65. The van der Waals surface area contributed by atoms with Crippen LogP contribution >= 0.6 is 0 Å². The second-order valence-corrected chi connectivity index (χ2v) is 9.56. The Labute approximate surface area is 162 Å². The molecule has 0 saturated carbocycles. The summed E-state index contributed by atoms with van der Waals surface area (Å²) in [7, 11) is -3.40. The van der Waals surface area contributed by atoms with Crippen molar-refractivity contribution in [2.75, 3.05) is 24.5 Å². The zero-order valence-electron chi connectivity index (χ0n) is 16.3. The molecular weight excluding hydrogens is 364 g/mol. The van der Waals surface area contributed by atoms with E-state index >= 15 is 0 Å². The van der Waals surface area contributed by atoms with E-state index in [1.54, 1.807) is 9.21 Å². The number of hydrogen-bond donors (Lipinski definition) is 2. The summed E-state index contributed by atoms with van der Waals surface area (Å²) in [5.41, 5.74) is 6.93. The highest BCUT2D eigenvalue weighted by Gasteiger charge is 2.44. The number of carbonyl (C=O) groups excluding carboxylic acids is 1. The summed E-state index contributed by atoms with van der Waals surface area (Å²) >= 11 is 0. The van der Waals surface area contributed by atoms with Crippen LogP contribution in [-0.4, -0.2) is 55.6 Å². The molecule has 0 spiro atoms. The lowest BCUT2D eigenvalue weighted by Gasteiger charge is -2.35. The van der Waals surface area contributed by atoms with Crippen LogP contribution in [0.4, 0.5) is 5.69 Å². The van der Waals surface area contributed by atoms with Crippen molar-refractivity contribution in [2.24, 2.45) is 5.92 Å². The number of sulfonamides is 1. The highest BCUT2D eigenvalue weighted by atomic mass is 32.2. The first-order valence-corrected chi connectivity index (χ1v) is 11.2. The molecule has 0 radical (unpaired) electrons. The minimum absolute atomic E-state index is 0.0895. The van der Waals surface area contributed by atoms with Crippen LogP contribution in [0.2, 0.25) is 0 Å². The number of anilines is 1. The molecule has 0 aromatic heterocycles. The van der Waals surface area contributed by atoms with E-state index in [1.807, 2.05) is 51.1 Å². The molecule has 0 aliphatic carbocycles. The van der Waals surface area contributed by atoms with Gasteiger partial charge < -0.3 is 4.90 Å². The summed E-state index contributed by atoms with van der Waals surface area (Å²) in [4.78, 5) is 14.8. The van der Waals surface area contributed by atoms with Gasteiger partial charge in [-0.1, -0.05) is 18.2 Å². The van der Waals surface area contributed by atoms with Gasteiger partial charge in [0.2, 0.25) is 15.9 Å². The van der Waals surface area contributed by atoms with E-state index in [9.17, 15) is 13.2 Å². The molecule has 2 saturated heterocycles. The molecule has 7 nitrogen and oxygen atoms in total. The topological polar surface area (TPSA) is 81.8 Å². The van der Waals surface area contributed by atoms with Crippen molar-refractivity contribution in [1.29, 1.82) is 0 Å². The number of amides is 1. The first-order valence-electron chi connectivity index (χ1n) is 9.72. The minimum atomic E-state index is -3.40. The van der Waals surface area contributed by atoms with Crippen molar-refractivity contribution >= 4 is 21.6 Å². The normalized spacial score (nSPS) is 27.6. The van der Waals surface area contributed by atoms with Crippen molar-refractivity contribution in [3.63, 3.8) is 0 Å². The lowest BCUT2D eigenvalue weighted by molar-refractivity contribution is -0.123. The average Bonchev–Trinajstić information content (AvgIpc) is 3.02. The van der Waals surface area contributed by atoms with Gasteiger partial charge in [0.1, 0.15) is 5.25 Å². The second-order valence-electron chi connectivity index (χ2n) is 7.47. The molecule has 27 heavy (non-hydrogen) atoms. The number of carbonyl (C=O) groups is 1. The average molecular weight is 395 g/mol. The van der Waals surface area contributed by atoms with Crippen molar-refractivity contribution in [3.8, 4) is 0 Å². The van der Waals surface area contributed by atoms with E-state index in [1.165, 1.54) is 0 Å². The van der Waals surface area contributed by atoms with Gasteiger partial charge in [-0.25, -0.2) is 12.7 Å². The molecule has 2 atom stereocenters. The third-order valence-corrected chi connectivity index (χ3v) is 8.27. The maximum absolute atomic E-state index is 13.0. The van der Waals surface area contributed by atoms with E-state index in [4.69, 9.17) is 0 Å². The van der Waals surface area contributed by atoms with Crippen molar-refractivity contribution < 1.29 is 13.2 Å². The molecule has 0 bridgehead atoms. The van der Waals surface area contributed by atoms with Gasteiger partial charge in [-0.05, 0) is 45.7 Å². The van der Waals surface area contributed by atoms with Crippen molar-refractivity contribution in [2.45, 2.75) is 50.9 Å². The van der Waals surface area contributed by atoms with Crippen LogP contribution in [-0.2, 0) is 14.8 Å². The molecule has 2 aliphatic rings. The van der Waals surface area contributed by atoms with Crippen molar-refractivity contribution in [1.82, 2.24) is 15.2 Å². The Kier molecular flexibility index (Phi) is 6.20. The van der Waals surface area contributed by atoms with Crippen LogP contribution in [0.15, 0.2) is 30.3 Å². The molecule has 2 N–H and O–H groups in total. The number of para-hydroxylation sites is 1. The van der Waals surface area contributed by atoms with Crippen molar-refractivity contribution in [3.05, 3.63) is 30.3 Å². The van der Waals surface area contributed by atoms with E-state index in [2.05, 4.69) is 10.9 Å². The van der Waals surface area contributed by atoms with Crippen LogP contribution in [0, 0.1) is 5.92 Å². The fourth-order valence-electron chi connectivity index (χ4n) is 4.20. The molecule has 8 heteroatoms. The van der Waals surface area contributed by atoms with Crippen LogP contribution in [0.1, 0.15) is 33.6 Å². The van der Waals surface area contributed by atoms with Gasteiger partial charge >= 0.3 is 0 Å². The number of hydrazine groups is 1. The number of hydrogen-bond acceptors (Lipinski definition) is 5. The Bertz CT molecular complexity index is 737. The number of benzene rings is 1. The maximum Gasteiger partial charge on any atom is 0.230 e. The molecule has 2 fully saturated rings. The van der Waals surface area contributed by atoms with E-state index < -0.39 is 15.3 Å². The Morgan fingerprint density at radius 1 is 1.11 bits per heavy atom. The molecule has 150 valence electrons. The Morgan fingerprint density at radius 3 is 2.19 bits per heavy atom. The van der Waals surface area contributed by atoms with Gasteiger partial charge in [-0.3, -0.25) is 15.6 Å². The number of nitrogens with zero attached hydrogens (tertiary/aromatic N) is 2.